The van der Waals surface area contributed by atoms with Crippen LogP contribution >= 0.6 is 0 Å². The standard InChI is InChI=1S/C11H17N3O/c1-7-3-4-9(12)11(13-7)14-10-5-6-15-8(10)2/h3-4,8,10H,5-6,12H2,1-2H3,(H,13,14). The summed E-state index contributed by atoms with van der Waals surface area (Å²) in [7, 11) is 0. The average molecular weight is 207 g/mol. The predicted molar refractivity (Wildman–Crippen MR) is 60.8 cm³/mol. The lowest BCUT2D eigenvalue weighted by Gasteiger charge is -2.18. The molecule has 1 aromatic heterocycles. The first-order valence-corrected chi connectivity index (χ1v) is 5.28. The monoisotopic (exact) mass is 207 g/mol. The van der Waals surface area contributed by atoms with Crippen molar-refractivity contribution in [3.8, 4) is 0 Å². The first-order chi connectivity index (χ1) is 7.16. The van der Waals surface area contributed by atoms with Crippen LogP contribution in [0.25, 0.3) is 0 Å². The lowest BCUT2D eigenvalue weighted by atomic mass is 10.1. The number of aryl methyl sites for hydroxylation is 1. The molecule has 1 aromatic rings. The molecule has 0 aromatic carbocycles. The van der Waals surface area contributed by atoms with E-state index in [1.165, 1.54) is 0 Å². The molecule has 0 amide bonds. The molecule has 3 N–H and O–H groups in total. The van der Waals surface area contributed by atoms with E-state index in [-0.39, 0.29) is 6.10 Å². The van der Waals surface area contributed by atoms with Crippen LogP contribution in [0.3, 0.4) is 0 Å². The Hall–Kier alpha value is -1.29. The van der Waals surface area contributed by atoms with Crippen molar-refractivity contribution in [3.05, 3.63) is 17.8 Å². The summed E-state index contributed by atoms with van der Waals surface area (Å²) in [6.45, 7) is 4.83. The highest BCUT2D eigenvalue weighted by molar-refractivity contribution is 5.61. The lowest BCUT2D eigenvalue weighted by molar-refractivity contribution is 0.121. The molecular weight excluding hydrogens is 190 g/mol. The van der Waals surface area contributed by atoms with Gasteiger partial charge in [-0.25, -0.2) is 4.98 Å². The number of hydrogen-bond acceptors (Lipinski definition) is 4. The number of nitrogens with two attached hydrogens (primary N) is 1. The summed E-state index contributed by atoms with van der Waals surface area (Å²) in [5.74, 6) is 0.775. The number of nitrogen functional groups attached to an aromatic ring is 1. The van der Waals surface area contributed by atoms with Gasteiger partial charge in [0.15, 0.2) is 0 Å². The Morgan fingerprint density at radius 1 is 1.53 bits per heavy atom. The molecule has 2 rings (SSSR count). The van der Waals surface area contributed by atoms with Crippen molar-refractivity contribution in [2.45, 2.75) is 32.4 Å². The summed E-state index contributed by atoms with van der Waals surface area (Å²) in [6, 6.07) is 4.11. The van der Waals surface area contributed by atoms with E-state index in [1.54, 1.807) is 0 Å². The van der Waals surface area contributed by atoms with Gasteiger partial charge >= 0.3 is 0 Å². The Balaban J connectivity index is 2.12. The zero-order chi connectivity index (χ0) is 10.8. The normalized spacial score (nSPS) is 25.5. The maximum Gasteiger partial charge on any atom is 0.149 e. The maximum absolute atomic E-state index is 5.85. The Kier molecular flexibility index (Phi) is 2.77. The summed E-state index contributed by atoms with van der Waals surface area (Å²) in [6.07, 6.45) is 1.24. The van der Waals surface area contributed by atoms with E-state index in [1.807, 2.05) is 19.1 Å². The molecule has 4 nitrogen and oxygen atoms in total. The van der Waals surface area contributed by atoms with Crippen LogP contribution in [0, 0.1) is 6.92 Å². The number of pyridine rings is 1. The number of anilines is 2. The third kappa shape index (κ3) is 2.21. The molecule has 0 bridgehead atoms. The summed E-state index contributed by atoms with van der Waals surface area (Å²) in [5, 5.41) is 3.34. The Labute approximate surface area is 89.8 Å². The Morgan fingerprint density at radius 3 is 3.00 bits per heavy atom. The van der Waals surface area contributed by atoms with Gasteiger partial charge in [0.2, 0.25) is 0 Å². The third-order valence-electron chi connectivity index (χ3n) is 2.76. The highest BCUT2D eigenvalue weighted by Gasteiger charge is 2.24. The van der Waals surface area contributed by atoms with Crippen molar-refractivity contribution >= 4 is 11.5 Å². The number of rotatable bonds is 2. The van der Waals surface area contributed by atoms with Gasteiger partial charge in [0.05, 0.1) is 17.8 Å². The fourth-order valence-electron chi connectivity index (χ4n) is 1.78. The van der Waals surface area contributed by atoms with E-state index in [9.17, 15) is 0 Å². The summed E-state index contributed by atoms with van der Waals surface area (Å²) >= 11 is 0. The number of nitrogens with one attached hydrogen (secondary N) is 1. The number of ether oxygens (including phenoxy) is 1. The molecule has 0 radical (unpaired) electrons. The topological polar surface area (TPSA) is 60.2 Å². The molecule has 0 saturated carbocycles. The lowest BCUT2D eigenvalue weighted by Crippen LogP contribution is -2.27. The molecular formula is C11H17N3O. The van der Waals surface area contributed by atoms with Crippen molar-refractivity contribution in [2.75, 3.05) is 17.7 Å². The van der Waals surface area contributed by atoms with Crippen molar-refractivity contribution in [1.82, 2.24) is 4.98 Å². The van der Waals surface area contributed by atoms with E-state index in [4.69, 9.17) is 10.5 Å². The fraction of sp³-hybridized carbons (Fsp3) is 0.545. The quantitative estimate of drug-likeness (QED) is 0.772. The first kappa shape index (κ1) is 10.2. The maximum atomic E-state index is 5.85. The van der Waals surface area contributed by atoms with Crippen LogP contribution in [0.5, 0.6) is 0 Å². The van der Waals surface area contributed by atoms with Gasteiger partial charge in [0, 0.05) is 12.3 Å². The SMILES string of the molecule is Cc1ccc(N)c(NC2CCOC2C)n1. The van der Waals surface area contributed by atoms with Crippen molar-refractivity contribution in [2.24, 2.45) is 0 Å². The summed E-state index contributed by atoms with van der Waals surface area (Å²) < 4.78 is 5.48. The molecule has 1 fully saturated rings. The highest BCUT2D eigenvalue weighted by Crippen LogP contribution is 2.21. The van der Waals surface area contributed by atoms with Gasteiger partial charge in [-0.05, 0) is 32.4 Å². The first-order valence-electron chi connectivity index (χ1n) is 5.28. The van der Waals surface area contributed by atoms with Crippen LogP contribution in [0.1, 0.15) is 19.0 Å². The average Bonchev–Trinajstić information content (AvgIpc) is 2.58. The molecule has 0 aliphatic carbocycles. The van der Waals surface area contributed by atoms with E-state index < -0.39 is 0 Å². The van der Waals surface area contributed by atoms with Crippen LogP contribution in [0.2, 0.25) is 0 Å². The minimum atomic E-state index is 0.228. The van der Waals surface area contributed by atoms with Gasteiger partial charge < -0.3 is 15.8 Å². The molecule has 0 spiro atoms. The summed E-state index contributed by atoms with van der Waals surface area (Å²) in [4.78, 5) is 4.38. The molecule has 82 valence electrons. The van der Waals surface area contributed by atoms with Crippen molar-refractivity contribution in [3.63, 3.8) is 0 Å². The van der Waals surface area contributed by atoms with Crippen LogP contribution in [-0.4, -0.2) is 23.7 Å². The van der Waals surface area contributed by atoms with Crippen LogP contribution < -0.4 is 11.1 Å². The Bertz CT molecular complexity index is 354. The van der Waals surface area contributed by atoms with Gasteiger partial charge in [-0.3, -0.25) is 0 Å². The summed E-state index contributed by atoms with van der Waals surface area (Å²) in [5.41, 5.74) is 7.51. The molecule has 2 atom stereocenters. The molecule has 1 aliphatic rings. The van der Waals surface area contributed by atoms with Gasteiger partial charge in [-0.15, -0.1) is 0 Å². The number of aromatic nitrogens is 1. The highest BCUT2D eigenvalue weighted by atomic mass is 16.5. The van der Waals surface area contributed by atoms with E-state index >= 15 is 0 Å². The third-order valence-corrected chi connectivity index (χ3v) is 2.76. The van der Waals surface area contributed by atoms with E-state index in [0.717, 1.165) is 24.5 Å². The van der Waals surface area contributed by atoms with Gasteiger partial charge in [-0.2, -0.15) is 0 Å². The van der Waals surface area contributed by atoms with E-state index in [0.29, 0.717) is 11.7 Å². The molecule has 2 unspecified atom stereocenters. The molecule has 15 heavy (non-hydrogen) atoms. The second-order valence-electron chi connectivity index (χ2n) is 4.01. The molecule has 4 heteroatoms. The zero-order valence-corrected chi connectivity index (χ0v) is 9.16. The minimum absolute atomic E-state index is 0.228. The second-order valence-corrected chi connectivity index (χ2v) is 4.01. The van der Waals surface area contributed by atoms with Crippen LogP contribution in [0.4, 0.5) is 11.5 Å². The molecule has 1 aliphatic heterocycles. The Morgan fingerprint density at radius 2 is 2.33 bits per heavy atom. The number of hydrogen-bond donors (Lipinski definition) is 2. The van der Waals surface area contributed by atoms with Crippen LogP contribution in [0.15, 0.2) is 12.1 Å². The van der Waals surface area contributed by atoms with E-state index in [2.05, 4.69) is 17.2 Å². The smallest absolute Gasteiger partial charge is 0.149 e. The zero-order valence-electron chi connectivity index (χ0n) is 9.16. The van der Waals surface area contributed by atoms with Crippen molar-refractivity contribution < 1.29 is 4.74 Å². The fourth-order valence-corrected chi connectivity index (χ4v) is 1.78. The van der Waals surface area contributed by atoms with Gasteiger partial charge in [0.25, 0.3) is 0 Å². The number of nitrogens with zero attached hydrogens (tertiary/aromatic N) is 1. The minimum Gasteiger partial charge on any atom is -0.396 e. The van der Waals surface area contributed by atoms with Crippen LogP contribution in [-0.2, 0) is 4.74 Å². The van der Waals surface area contributed by atoms with Gasteiger partial charge in [0.1, 0.15) is 5.82 Å². The second kappa shape index (κ2) is 4.06. The largest absolute Gasteiger partial charge is 0.396 e. The molecule has 2 heterocycles. The predicted octanol–water partition coefficient (Wildman–Crippen LogP) is 1.56. The van der Waals surface area contributed by atoms with Crippen molar-refractivity contribution in [1.29, 1.82) is 0 Å². The van der Waals surface area contributed by atoms with Gasteiger partial charge in [-0.1, -0.05) is 0 Å². The molecule has 1 saturated heterocycles.